The van der Waals surface area contributed by atoms with Gasteiger partial charge in [-0.1, -0.05) is 30.3 Å². The van der Waals surface area contributed by atoms with E-state index in [1.165, 1.54) is 17.4 Å². The van der Waals surface area contributed by atoms with Gasteiger partial charge in [0.05, 0.1) is 30.7 Å². The third kappa shape index (κ3) is 5.15. The van der Waals surface area contributed by atoms with Gasteiger partial charge >= 0.3 is 0 Å². The molecule has 10 heteroatoms. The lowest BCUT2D eigenvalue weighted by Crippen LogP contribution is -2.43. The smallest absolute Gasteiger partial charge is 0.275 e. The minimum atomic E-state index is -0.407. The van der Waals surface area contributed by atoms with E-state index in [9.17, 15) is 14.3 Å². The molecule has 5 rings (SSSR count). The molecule has 0 saturated carbocycles. The van der Waals surface area contributed by atoms with E-state index in [0.29, 0.717) is 36.0 Å². The number of amides is 1. The highest BCUT2D eigenvalue weighted by Crippen LogP contribution is 2.32. The molecule has 1 unspecified atom stereocenters. The normalized spacial score (nSPS) is 15.8. The lowest BCUT2D eigenvalue weighted by Gasteiger charge is -2.34. The highest BCUT2D eigenvalue weighted by Gasteiger charge is 2.24. The van der Waals surface area contributed by atoms with Crippen LogP contribution < -0.4 is 16.0 Å². The molecular weight excluding hydrogens is 479 g/mol. The number of anilines is 2. The zero-order valence-electron chi connectivity index (χ0n) is 19.6. The van der Waals surface area contributed by atoms with Gasteiger partial charge in [-0.2, -0.15) is 5.10 Å². The van der Waals surface area contributed by atoms with Gasteiger partial charge in [0.1, 0.15) is 16.5 Å². The first kappa shape index (κ1) is 24.1. The number of halogens is 1. The Morgan fingerprint density at radius 3 is 2.86 bits per heavy atom. The fourth-order valence-corrected chi connectivity index (χ4v) is 5.22. The Balaban J connectivity index is 1.31. The molecule has 0 bridgehead atoms. The molecule has 1 amide bonds. The van der Waals surface area contributed by atoms with Crippen molar-refractivity contribution in [3.63, 3.8) is 0 Å². The van der Waals surface area contributed by atoms with Gasteiger partial charge in [0.25, 0.3) is 5.91 Å². The number of hydrogen-bond donors (Lipinski definition) is 3. The van der Waals surface area contributed by atoms with Crippen LogP contribution in [-0.4, -0.2) is 44.9 Å². The number of benzene rings is 2. The van der Waals surface area contributed by atoms with Crippen LogP contribution in [0.3, 0.4) is 0 Å². The monoisotopic (exact) mass is 506 g/mol. The van der Waals surface area contributed by atoms with Crippen LogP contribution in [0.25, 0.3) is 10.6 Å². The summed E-state index contributed by atoms with van der Waals surface area (Å²) in [6.45, 7) is 1.70. The number of nitrogens with two attached hydrogens (primary N) is 1. The lowest BCUT2D eigenvalue weighted by atomic mass is 10.1. The predicted octanol–water partition coefficient (Wildman–Crippen LogP) is 3.87. The Bertz CT molecular complexity index is 1370. The van der Waals surface area contributed by atoms with Gasteiger partial charge in [-0.25, -0.2) is 9.37 Å². The molecule has 0 spiro atoms. The minimum absolute atomic E-state index is 0.0268. The summed E-state index contributed by atoms with van der Waals surface area (Å²) in [5, 5.41) is 19.1. The average Bonchev–Trinajstić information content (AvgIpc) is 3.54. The Kier molecular flexibility index (Phi) is 7.08. The number of piperidine rings is 1. The molecule has 186 valence electrons. The summed E-state index contributed by atoms with van der Waals surface area (Å²) in [6, 6.07) is 12.3. The molecule has 2 aromatic heterocycles. The van der Waals surface area contributed by atoms with Crippen molar-refractivity contribution in [3.05, 3.63) is 82.9 Å². The van der Waals surface area contributed by atoms with Crippen molar-refractivity contribution < 1.29 is 14.3 Å². The number of aromatic nitrogens is 3. The van der Waals surface area contributed by atoms with Crippen molar-refractivity contribution in [2.75, 3.05) is 23.3 Å². The minimum Gasteiger partial charge on any atom is -0.392 e. The molecule has 8 nitrogen and oxygen atoms in total. The van der Waals surface area contributed by atoms with Crippen molar-refractivity contribution in [1.82, 2.24) is 14.8 Å². The third-order valence-electron chi connectivity index (χ3n) is 6.25. The van der Waals surface area contributed by atoms with Crippen LogP contribution in [0.4, 0.5) is 15.8 Å². The number of hydrogen-bond acceptors (Lipinski definition) is 7. The van der Waals surface area contributed by atoms with E-state index in [1.54, 1.807) is 28.4 Å². The number of para-hydroxylation sites is 1. The van der Waals surface area contributed by atoms with Gasteiger partial charge in [-0.3, -0.25) is 9.48 Å². The molecule has 4 aromatic rings. The number of carbonyl (C=O) groups is 1. The molecule has 3 heterocycles. The number of rotatable bonds is 7. The van der Waals surface area contributed by atoms with Crippen molar-refractivity contribution in [1.29, 1.82) is 0 Å². The third-order valence-corrected chi connectivity index (χ3v) is 7.14. The maximum Gasteiger partial charge on any atom is 0.275 e. The lowest BCUT2D eigenvalue weighted by molar-refractivity contribution is 0.102. The Hall–Kier alpha value is -3.60. The fourth-order valence-electron chi connectivity index (χ4n) is 4.45. The highest BCUT2D eigenvalue weighted by atomic mass is 32.1. The molecule has 0 radical (unpaired) electrons. The molecule has 0 aliphatic carbocycles. The molecule has 1 aliphatic heterocycles. The van der Waals surface area contributed by atoms with Gasteiger partial charge in [-0.05, 0) is 36.1 Å². The quantitative estimate of drug-likeness (QED) is 0.351. The maximum absolute atomic E-state index is 14.8. The van der Waals surface area contributed by atoms with Gasteiger partial charge in [0.15, 0.2) is 0 Å². The summed E-state index contributed by atoms with van der Waals surface area (Å²) in [5.74, 6) is -0.800. The first-order chi connectivity index (χ1) is 17.5. The largest absolute Gasteiger partial charge is 0.392 e. The van der Waals surface area contributed by atoms with E-state index in [0.717, 1.165) is 29.5 Å². The van der Waals surface area contributed by atoms with E-state index in [1.807, 2.05) is 35.4 Å². The van der Waals surface area contributed by atoms with E-state index >= 15 is 0 Å². The van der Waals surface area contributed by atoms with Crippen LogP contribution in [-0.2, 0) is 13.2 Å². The standard InChI is InChI=1S/C26H27FN6O2S/c27-21-8-3-9-22(24(21)32-10-4-7-20(28)14-32)30-25(35)23-16-36-26(31-23)19-11-29-33(13-19)12-17-5-1-2-6-18(17)15-34/h1-3,5-6,8-9,11,13,16,20,34H,4,7,10,12,14-15,28H2,(H,30,35). The Morgan fingerprint density at radius 2 is 2.06 bits per heavy atom. The SMILES string of the molecule is NC1CCCN(c2c(F)cccc2NC(=O)c2csc(-c3cnn(Cc4ccccc4CO)c3)n2)C1. The molecular formula is C26H27FN6O2S. The van der Waals surface area contributed by atoms with Crippen LogP contribution in [0, 0.1) is 5.82 Å². The van der Waals surface area contributed by atoms with Gasteiger partial charge < -0.3 is 21.1 Å². The number of aliphatic hydroxyl groups excluding tert-OH is 1. The number of carbonyl (C=O) groups excluding carboxylic acids is 1. The molecule has 2 aromatic carbocycles. The molecule has 4 N–H and O–H groups in total. The van der Waals surface area contributed by atoms with E-state index in [4.69, 9.17) is 5.73 Å². The molecule has 1 saturated heterocycles. The van der Waals surface area contributed by atoms with Crippen molar-refractivity contribution in [2.24, 2.45) is 5.73 Å². The first-order valence-corrected chi connectivity index (χ1v) is 12.7. The molecule has 1 fully saturated rings. The summed E-state index contributed by atoms with van der Waals surface area (Å²) < 4.78 is 16.5. The number of thiazole rings is 1. The van der Waals surface area contributed by atoms with E-state index < -0.39 is 11.7 Å². The zero-order valence-corrected chi connectivity index (χ0v) is 20.4. The number of nitrogens with zero attached hydrogens (tertiary/aromatic N) is 4. The van der Waals surface area contributed by atoms with E-state index in [2.05, 4.69) is 15.4 Å². The van der Waals surface area contributed by atoms with Crippen LogP contribution >= 0.6 is 11.3 Å². The van der Waals surface area contributed by atoms with Gasteiger partial charge in [0, 0.05) is 36.3 Å². The van der Waals surface area contributed by atoms with Crippen molar-refractivity contribution >= 4 is 28.6 Å². The Labute approximate surface area is 212 Å². The summed E-state index contributed by atoms with van der Waals surface area (Å²) in [7, 11) is 0. The topological polar surface area (TPSA) is 109 Å². The summed E-state index contributed by atoms with van der Waals surface area (Å²) in [5.41, 5.74) is 9.73. The summed E-state index contributed by atoms with van der Waals surface area (Å²) in [4.78, 5) is 19.4. The average molecular weight is 507 g/mol. The van der Waals surface area contributed by atoms with Crippen molar-refractivity contribution in [2.45, 2.75) is 32.0 Å². The molecule has 36 heavy (non-hydrogen) atoms. The highest BCUT2D eigenvalue weighted by molar-refractivity contribution is 7.13. The van der Waals surface area contributed by atoms with Crippen LogP contribution in [0.1, 0.15) is 34.5 Å². The maximum atomic E-state index is 14.8. The summed E-state index contributed by atoms with van der Waals surface area (Å²) >= 11 is 1.34. The molecule has 1 aliphatic rings. The van der Waals surface area contributed by atoms with E-state index in [-0.39, 0.29) is 18.3 Å². The fraction of sp³-hybridized carbons (Fsp3) is 0.269. The van der Waals surface area contributed by atoms with Gasteiger partial charge in [0.2, 0.25) is 0 Å². The summed E-state index contributed by atoms with van der Waals surface area (Å²) in [6.07, 6.45) is 5.33. The number of nitrogens with one attached hydrogen (secondary N) is 1. The van der Waals surface area contributed by atoms with Gasteiger partial charge in [-0.15, -0.1) is 11.3 Å². The van der Waals surface area contributed by atoms with Crippen LogP contribution in [0.5, 0.6) is 0 Å². The second kappa shape index (κ2) is 10.6. The first-order valence-electron chi connectivity index (χ1n) is 11.8. The van der Waals surface area contributed by atoms with Crippen molar-refractivity contribution in [3.8, 4) is 10.6 Å². The number of aliphatic hydroxyl groups is 1. The predicted molar refractivity (Wildman–Crippen MR) is 139 cm³/mol. The van der Waals surface area contributed by atoms with Crippen LogP contribution in [0.2, 0.25) is 0 Å². The second-order valence-electron chi connectivity index (χ2n) is 8.83. The zero-order chi connectivity index (χ0) is 25.1. The molecule has 1 atom stereocenters. The second-order valence-corrected chi connectivity index (χ2v) is 9.69. The Morgan fingerprint density at radius 1 is 1.22 bits per heavy atom. The van der Waals surface area contributed by atoms with Crippen LogP contribution in [0.15, 0.2) is 60.2 Å².